The molecular formula is C14H18N2O5. The van der Waals surface area contributed by atoms with Crippen LogP contribution < -0.4 is 5.32 Å². The molecule has 1 aromatic carbocycles. The normalized spacial score (nSPS) is 18.3. The molecule has 1 unspecified atom stereocenters. The van der Waals surface area contributed by atoms with Crippen molar-refractivity contribution in [3.63, 3.8) is 0 Å². The van der Waals surface area contributed by atoms with E-state index in [4.69, 9.17) is 4.74 Å². The summed E-state index contributed by atoms with van der Waals surface area (Å²) in [6.45, 7) is 3.00. The molecule has 2 rings (SSSR count). The predicted molar refractivity (Wildman–Crippen MR) is 74.1 cm³/mol. The first-order chi connectivity index (χ1) is 10.1. The summed E-state index contributed by atoms with van der Waals surface area (Å²) in [5.41, 5.74) is -0.200. The van der Waals surface area contributed by atoms with Crippen LogP contribution in [0.5, 0.6) is 11.5 Å². The molecule has 0 saturated carbocycles. The first kappa shape index (κ1) is 15.1. The van der Waals surface area contributed by atoms with Crippen molar-refractivity contribution in [2.24, 2.45) is 0 Å². The lowest BCUT2D eigenvalue weighted by atomic mass is 10.1. The number of aromatic hydroxyl groups is 2. The number of hydrogen-bond acceptors (Lipinski definition) is 6. The standard InChI is InChI=1S/C14H18N2O5/c1-2-21-14(20)9-8-15-6-7-16(9)13(19)12-10(17)4-3-5-11(12)18/h3-5,9,15,17-18H,2,6-8H2,1H3. The molecule has 0 radical (unpaired) electrons. The van der Waals surface area contributed by atoms with Crippen LogP contribution in [0.3, 0.4) is 0 Å². The van der Waals surface area contributed by atoms with Gasteiger partial charge in [-0.05, 0) is 19.1 Å². The quantitative estimate of drug-likeness (QED) is 0.683. The third kappa shape index (κ3) is 3.08. The molecule has 1 amide bonds. The molecular weight excluding hydrogens is 276 g/mol. The summed E-state index contributed by atoms with van der Waals surface area (Å²) < 4.78 is 4.96. The van der Waals surface area contributed by atoms with Gasteiger partial charge in [0, 0.05) is 19.6 Å². The molecule has 114 valence electrons. The Morgan fingerprint density at radius 2 is 2.05 bits per heavy atom. The van der Waals surface area contributed by atoms with E-state index in [1.165, 1.54) is 23.1 Å². The van der Waals surface area contributed by atoms with Crippen LogP contribution in [0.1, 0.15) is 17.3 Å². The van der Waals surface area contributed by atoms with Gasteiger partial charge in [0.25, 0.3) is 5.91 Å². The maximum Gasteiger partial charge on any atom is 0.330 e. The first-order valence-electron chi connectivity index (χ1n) is 6.75. The van der Waals surface area contributed by atoms with Gasteiger partial charge in [-0.15, -0.1) is 0 Å². The Bertz CT molecular complexity index is 526. The van der Waals surface area contributed by atoms with Gasteiger partial charge in [-0.25, -0.2) is 4.79 Å². The number of rotatable bonds is 3. The monoisotopic (exact) mass is 294 g/mol. The molecule has 0 spiro atoms. The van der Waals surface area contributed by atoms with E-state index < -0.39 is 17.9 Å². The van der Waals surface area contributed by atoms with E-state index in [1.807, 2.05) is 0 Å². The van der Waals surface area contributed by atoms with Gasteiger partial charge in [-0.1, -0.05) is 6.07 Å². The van der Waals surface area contributed by atoms with Crippen molar-refractivity contribution in [3.05, 3.63) is 23.8 Å². The van der Waals surface area contributed by atoms with Gasteiger partial charge >= 0.3 is 5.97 Å². The Hall–Kier alpha value is -2.28. The smallest absolute Gasteiger partial charge is 0.330 e. The molecule has 7 nitrogen and oxygen atoms in total. The number of nitrogens with zero attached hydrogens (tertiary/aromatic N) is 1. The second-order valence-electron chi connectivity index (χ2n) is 4.64. The van der Waals surface area contributed by atoms with Crippen molar-refractivity contribution in [1.29, 1.82) is 0 Å². The number of benzene rings is 1. The molecule has 1 fully saturated rings. The summed E-state index contributed by atoms with van der Waals surface area (Å²) in [5, 5.41) is 22.6. The third-order valence-electron chi connectivity index (χ3n) is 3.30. The topological polar surface area (TPSA) is 99.1 Å². The van der Waals surface area contributed by atoms with Crippen molar-refractivity contribution >= 4 is 11.9 Å². The Kier molecular flexibility index (Phi) is 4.64. The fourth-order valence-electron chi connectivity index (χ4n) is 2.29. The van der Waals surface area contributed by atoms with Crippen LogP contribution in [-0.2, 0) is 9.53 Å². The highest BCUT2D eigenvalue weighted by molar-refractivity contribution is 6.01. The third-order valence-corrected chi connectivity index (χ3v) is 3.30. The maximum absolute atomic E-state index is 12.5. The van der Waals surface area contributed by atoms with E-state index >= 15 is 0 Å². The van der Waals surface area contributed by atoms with Crippen LogP contribution in [-0.4, -0.2) is 59.3 Å². The molecule has 21 heavy (non-hydrogen) atoms. The lowest BCUT2D eigenvalue weighted by Crippen LogP contribution is -2.57. The predicted octanol–water partition coefficient (Wildman–Crippen LogP) is 0.0749. The van der Waals surface area contributed by atoms with Crippen molar-refractivity contribution in [2.75, 3.05) is 26.2 Å². The van der Waals surface area contributed by atoms with Crippen LogP contribution in [0.2, 0.25) is 0 Å². The highest BCUT2D eigenvalue weighted by Gasteiger charge is 2.35. The average Bonchev–Trinajstić information content (AvgIpc) is 2.47. The van der Waals surface area contributed by atoms with Crippen LogP contribution in [0, 0.1) is 0 Å². The van der Waals surface area contributed by atoms with E-state index in [-0.39, 0.29) is 36.8 Å². The van der Waals surface area contributed by atoms with Gasteiger partial charge in [0.15, 0.2) is 0 Å². The number of piperazine rings is 1. The number of nitrogens with one attached hydrogen (secondary N) is 1. The lowest BCUT2D eigenvalue weighted by Gasteiger charge is -2.34. The van der Waals surface area contributed by atoms with Crippen molar-refractivity contribution in [3.8, 4) is 11.5 Å². The number of ether oxygens (including phenoxy) is 1. The van der Waals surface area contributed by atoms with Gasteiger partial charge in [0.2, 0.25) is 0 Å². The first-order valence-corrected chi connectivity index (χ1v) is 6.75. The van der Waals surface area contributed by atoms with Crippen LogP contribution in [0.4, 0.5) is 0 Å². The largest absolute Gasteiger partial charge is 0.507 e. The molecule has 1 heterocycles. The molecule has 7 heteroatoms. The lowest BCUT2D eigenvalue weighted by molar-refractivity contribution is -0.149. The summed E-state index contributed by atoms with van der Waals surface area (Å²) in [4.78, 5) is 25.8. The molecule has 1 atom stereocenters. The van der Waals surface area contributed by atoms with Crippen molar-refractivity contribution in [2.45, 2.75) is 13.0 Å². The van der Waals surface area contributed by atoms with Gasteiger partial charge in [-0.2, -0.15) is 0 Å². The van der Waals surface area contributed by atoms with E-state index in [0.29, 0.717) is 6.54 Å². The number of phenols is 2. The Morgan fingerprint density at radius 3 is 2.67 bits per heavy atom. The minimum absolute atomic E-state index is 0.200. The molecule has 0 aromatic heterocycles. The number of carbonyl (C=O) groups excluding carboxylic acids is 2. The van der Waals surface area contributed by atoms with Crippen molar-refractivity contribution < 1.29 is 24.5 Å². The fraction of sp³-hybridized carbons (Fsp3) is 0.429. The Morgan fingerprint density at radius 1 is 1.38 bits per heavy atom. The number of amides is 1. The van der Waals surface area contributed by atoms with Gasteiger partial charge in [0.1, 0.15) is 23.1 Å². The van der Waals surface area contributed by atoms with Gasteiger partial charge in [-0.3, -0.25) is 4.79 Å². The molecule has 1 aliphatic heterocycles. The second-order valence-corrected chi connectivity index (χ2v) is 4.64. The molecule has 3 N–H and O–H groups in total. The molecule has 1 aliphatic rings. The van der Waals surface area contributed by atoms with E-state index in [9.17, 15) is 19.8 Å². The number of carbonyl (C=O) groups is 2. The van der Waals surface area contributed by atoms with E-state index in [1.54, 1.807) is 6.92 Å². The Balaban J connectivity index is 2.29. The Labute approximate surface area is 122 Å². The van der Waals surface area contributed by atoms with E-state index in [0.717, 1.165) is 0 Å². The fourth-order valence-corrected chi connectivity index (χ4v) is 2.29. The zero-order valence-corrected chi connectivity index (χ0v) is 11.7. The van der Waals surface area contributed by atoms with Crippen LogP contribution in [0.15, 0.2) is 18.2 Å². The van der Waals surface area contributed by atoms with Crippen LogP contribution >= 0.6 is 0 Å². The molecule has 1 saturated heterocycles. The molecule has 0 aliphatic carbocycles. The number of hydrogen-bond donors (Lipinski definition) is 3. The van der Waals surface area contributed by atoms with Gasteiger partial charge < -0.3 is 25.2 Å². The van der Waals surface area contributed by atoms with Crippen molar-refractivity contribution in [1.82, 2.24) is 10.2 Å². The summed E-state index contributed by atoms with van der Waals surface area (Å²) in [6.07, 6.45) is 0. The van der Waals surface area contributed by atoms with E-state index in [2.05, 4.69) is 5.32 Å². The highest BCUT2D eigenvalue weighted by atomic mass is 16.5. The zero-order valence-electron chi connectivity index (χ0n) is 11.7. The summed E-state index contributed by atoms with van der Waals surface area (Å²) in [5.74, 6) is -1.74. The minimum atomic E-state index is -0.773. The van der Waals surface area contributed by atoms with Gasteiger partial charge in [0.05, 0.1) is 6.61 Å². The maximum atomic E-state index is 12.5. The van der Waals surface area contributed by atoms with Crippen LogP contribution in [0.25, 0.3) is 0 Å². The summed E-state index contributed by atoms with van der Waals surface area (Å²) >= 11 is 0. The molecule has 0 bridgehead atoms. The number of phenolic OH excluding ortho intramolecular Hbond substituents is 2. The second kappa shape index (κ2) is 6.45. The average molecular weight is 294 g/mol. The summed E-state index contributed by atoms with van der Waals surface area (Å²) in [6, 6.07) is 3.29. The highest BCUT2D eigenvalue weighted by Crippen LogP contribution is 2.28. The number of esters is 1. The summed E-state index contributed by atoms with van der Waals surface area (Å²) in [7, 11) is 0. The minimum Gasteiger partial charge on any atom is -0.507 e. The SMILES string of the molecule is CCOC(=O)C1CNCCN1C(=O)c1c(O)cccc1O. The zero-order chi connectivity index (χ0) is 15.4. The molecule has 1 aromatic rings.